The van der Waals surface area contributed by atoms with Crippen LogP contribution in [0.4, 0.5) is 0 Å². The SMILES string of the molecule is Cc1c(C(=O)Cn2nc3c4c(cccc4c2=O)-c2ccccc2-3)c2ccccc2n1C. The summed E-state index contributed by atoms with van der Waals surface area (Å²) in [7, 11) is 1.95. The van der Waals surface area contributed by atoms with Crippen molar-refractivity contribution in [2.45, 2.75) is 13.5 Å². The summed E-state index contributed by atoms with van der Waals surface area (Å²) < 4.78 is 3.34. The third-order valence-electron chi connectivity index (χ3n) is 6.43. The van der Waals surface area contributed by atoms with Crippen LogP contribution in [0.25, 0.3) is 44.1 Å². The van der Waals surface area contributed by atoms with Crippen LogP contribution in [0.3, 0.4) is 0 Å². The second-order valence-corrected chi connectivity index (χ2v) is 8.04. The van der Waals surface area contributed by atoms with Crippen molar-refractivity contribution in [3.05, 3.63) is 88.3 Å². The smallest absolute Gasteiger partial charge is 0.275 e. The highest BCUT2D eigenvalue weighted by Crippen LogP contribution is 2.44. The number of aryl methyl sites for hydroxylation is 1. The lowest BCUT2D eigenvalue weighted by Crippen LogP contribution is -2.27. The summed E-state index contributed by atoms with van der Waals surface area (Å²) in [6.45, 7) is 1.84. The highest BCUT2D eigenvalue weighted by Gasteiger charge is 2.26. The zero-order chi connectivity index (χ0) is 21.3. The van der Waals surface area contributed by atoms with Crippen molar-refractivity contribution < 1.29 is 4.79 Å². The molecule has 0 saturated heterocycles. The fourth-order valence-electron chi connectivity index (χ4n) is 4.87. The predicted molar refractivity (Wildman–Crippen MR) is 122 cm³/mol. The molecule has 6 rings (SSSR count). The molecule has 5 aromatic rings. The number of carbonyl (C=O) groups is 1. The normalized spacial score (nSPS) is 11.9. The largest absolute Gasteiger partial charge is 0.347 e. The Hall–Kier alpha value is -3.99. The fraction of sp³-hybridized carbons (Fsp3) is 0.115. The van der Waals surface area contributed by atoms with Gasteiger partial charge in [0.1, 0.15) is 12.2 Å². The van der Waals surface area contributed by atoms with E-state index in [1.165, 1.54) is 4.68 Å². The van der Waals surface area contributed by atoms with Gasteiger partial charge in [-0.25, -0.2) is 4.68 Å². The molecule has 0 atom stereocenters. The van der Waals surface area contributed by atoms with Crippen molar-refractivity contribution in [1.29, 1.82) is 0 Å². The second-order valence-electron chi connectivity index (χ2n) is 8.04. The molecule has 5 heteroatoms. The number of aromatic nitrogens is 3. The Morgan fingerprint density at radius 1 is 0.871 bits per heavy atom. The number of hydrogen-bond donors (Lipinski definition) is 0. The van der Waals surface area contributed by atoms with Crippen molar-refractivity contribution in [3.63, 3.8) is 0 Å². The lowest BCUT2D eigenvalue weighted by atomic mass is 10.0. The van der Waals surface area contributed by atoms with E-state index in [9.17, 15) is 9.59 Å². The molecule has 5 nitrogen and oxygen atoms in total. The first-order valence-corrected chi connectivity index (χ1v) is 10.3. The van der Waals surface area contributed by atoms with Crippen molar-refractivity contribution in [3.8, 4) is 22.4 Å². The number of benzene rings is 3. The van der Waals surface area contributed by atoms with Gasteiger partial charge in [0.25, 0.3) is 5.56 Å². The molecule has 0 amide bonds. The summed E-state index contributed by atoms with van der Waals surface area (Å²) in [4.78, 5) is 26.7. The van der Waals surface area contributed by atoms with Crippen LogP contribution < -0.4 is 5.56 Å². The van der Waals surface area contributed by atoms with Gasteiger partial charge in [0, 0.05) is 40.2 Å². The predicted octanol–water partition coefficient (Wildman–Crippen LogP) is 4.73. The fourth-order valence-corrected chi connectivity index (χ4v) is 4.87. The molecule has 0 N–H and O–H groups in total. The van der Waals surface area contributed by atoms with E-state index in [2.05, 4.69) is 5.10 Å². The Bertz CT molecular complexity index is 1620. The maximum atomic E-state index is 13.4. The Balaban J connectivity index is 1.54. The minimum atomic E-state index is -0.236. The molecular weight excluding hydrogens is 386 g/mol. The lowest BCUT2D eigenvalue weighted by molar-refractivity contribution is 0.0967. The topological polar surface area (TPSA) is 56.9 Å². The van der Waals surface area contributed by atoms with Gasteiger partial charge < -0.3 is 4.57 Å². The summed E-state index contributed by atoms with van der Waals surface area (Å²) in [6.07, 6.45) is 0. The average molecular weight is 405 g/mol. The van der Waals surface area contributed by atoms with Crippen molar-refractivity contribution in [1.82, 2.24) is 14.3 Å². The molecule has 0 aliphatic heterocycles. The number of ketones is 1. The van der Waals surface area contributed by atoms with Gasteiger partial charge in [-0.2, -0.15) is 5.10 Å². The first-order valence-electron chi connectivity index (χ1n) is 10.3. The second kappa shape index (κ2) is 6.25. The van der Waals surface area contributed by atoms with Gasteiger partial charge in [0.05, 0.1) is 5.39 Å². The summed E-state index contributed by atoms with van der Waals surface area (Å²) in [5.74, 6) is -0.113. The maximum absolute atomic E-state index is 13.4. The van der Waals surface area contributed by atoms with Gasteiger partial charge in [0.2, 0.25) is 0 Å². The van der Waals surface area contributed by atoms with E-state index in [0.717, 1.165) is 44.4 Å². The van der Waals surface area contributed by atoms with Crippen LogP contribution >= 0.6 is 0 Å². The monoisotopic (exact) mass is 405 g/mol. The number of hydrogen-bond acceptors (Lipinski definition) is 3. The summed E-state index contributed by atoms with van der Waals surface area (Å²) in [6, 6.07) is 21.6. The standard InChI is InChI=1S/C26H19N3O2/c1-15-23(19-10-5-6-13-21(19)28(15)2)22(30)14-29-26(31)20-12-7-11-17-16-8-3-4-9-18(16)25(27-29)24(17)20/h3-13H,14H2,1-2H3. The highest BCUT2D eigenvalue weighted by molar-refractivity contribution is 6.13. The molecule has 1 aliphatic rings. The zero-order valence-electron chi connectivity index (χ0n) is 17.2. The first-order chi connectivity index (χ1) is 15.1. The van der Waals surface area contributed by atoms with Crippen LogP contribution in [0.1, 0.15) is 16.1 Å². The number of fused-ring (bicyclic) bond motifs is 4. The average Bonchev–Trinajstić information content (AvgIpc) is 3.25. The number of Topliss-reactive ketones (excluding diaryl/α,β-unsaturated/α-hetero) is 1. The Labute approximate surface area is 178 Å². The van der Waals surface area contributed by atoms with E-state index in [0.29, 0.717) is 10.9 Å². The number of rotatable bonds is 3. The zero-order valence-corrected chi connectivity index (χ0v) is 17.2. The van der Waals surface area contributed by atoms with Gasteiger partial charge in [0.15, 0.2) is 5.78 Å². The molecule has 3 aromatic carbocycles. The van der Waals surface area contributed by atoms with Gasteiger partial charge in [-0.05, 0) is 30.2 Å². The molecule has 31 heavy (non-hydrogen) atoms. The van der Waals surface area contributed by atoms with Gasteiger partial charge in [-0.1, -0.05) is 54.6 Å². The third kappa shape index (κ3) is 2.34. The van der Waals surface area contributed by atoms with E-state index < -0.39 is 0 Å². The molecule has 2 heterocycles. The maximum Gasteiger partial charge on any atom is 0.275 e. The van der Waals surface area contributed by atoms with Crippen LogP contribution in [0.2, 0.25) is 0 Å². The summed E-state index contributed by atoms with van der Waals surface area (Å²) in [5.41, 5.74) is 6.16. The lowest BCUT2D eigenvalue weighted by Gasteiger charge is -2.09. The van der Waals surface area contributed by atoms with E-state index in [-0.39, 0.29) is 17.9 Å². The van der Waals surface area contributed by atoms with Crippen molar-refractivity contribution >= 4 is 27.5 Å². The van der Waals surface area contributed by atoms with Crippen LogP contribution in [-0.2, 0) is 13.6 Å². The minimum Gasteiger partial charge on any atom is -0.347 e. The molecule has 0 spiro atoms. The number of carbonyl (C=O) groups excluding carboxylic acids is 1. The third-order valence-corrected chi connectivity index (χ3v) is 6.43. The molecule has 150 valence electrons. The Morgan fingerprint density at radius 3 is 2.39 bits per heavy atom. The quantitative estimate of drug-likeness (QED) is 0.400. The number of para-hydroxylation sites is 1. The Morgan fingerprint density at radius 2 is 1.55 bits per heavy atom. The van der Waals surface area contributed by atoms with E-state index in [4.69, 9.17) is 0 Å². The first kappa shape index (κ1) is 17.8. The van der Waals surface area contributed by atoms with Crippen molar-refractivity contribution in [2.75, 3.05) is 0 Å². The number of nitrogens with zero attached hydrogens (tertiary/aromatic N) is 3. The molecule has 0 fully saturated rings. The van der Waals surface area contributed by atoms with Crippen LogP contribution in [0, 0.1) is 6.92 Å². The molecule has 0 unspecified atom stereocenters. The van der Waals surface area contributed by atoms with Gasteiger partial charge in [-0.15, -0.1) is 0 Å². The van der Waals surface area contributed by atoms with Crippen LogP contribution in [0.5, 0.6) is 0 Å². The molecule has 0 radical (unpaired) electrons. The molecular formula is C26H19N3O2. The molecule has 0 bridgehead atoms. The van der Waals surface area contributed by atoms with Crippen LogP contribution in [0.15, 0.2) is 71.5 Å². The summed E-state index contributed by atoms with van der Waals surface area (Å²) >= 11 is 0. The van der Waals surface area contributed by atoms with Crippen molar-refractivity contribution in [2.24, 2.45) is 7.05 Å². The molecule has 2 aromatic heterocycles. The van der Waals surface area contributed by atoms with E-state index >= 15 is 0 Å². The van der Waals surface area contributed by atoms with Gasteiger partial charge in [-0.3, -0.25) is 9.59 Å². The molecule has 0 saturated carbocycles. The minimum absolute atomic E-state index is 0.0942. The van der Waals surface area contributed by atoms with Crippen LogP contribution in [-0.4, -0.2) is 20.1 Å². The van der Waals surface area contributed by atoms with E-state index in [1.807, 2.05) is 85.3 Å². The molecule has 1 aliphatic carbocycles. The summed E-state index contributed by atoms with van der Waals surface area (Å²) in [5, 5.41) is 7.04. The van der Waals surface area contributed by atoms with Gasteiger partial charge >= 0.3 is 0 Å². The Kier molecular flexibility index (Phi) is 3.60. The highest BCUT2D eigenvalue weighted by atomic mass is 16.1. The van der Waals surface area contributed by atoms with E-state index in [1.54, 1.807) is 0 Å².